The van der Waals surface area contributed by atoms with Crippen molar-refractivity contribution >= 4 is 0 Å². The van der Waals surface area contributed by atoms with Gasteiger partial charge in [0.05, 0.1) is 5.60 Å². The molecule has 0 aliphatic carbocycles. The van der Waals surface area contributed by atoms with Gasteiger partial charge in [0, 0.05) is 32.2 Å². The lowest BCUT2D eigenvalue weighted by molar-refractivity contribution is -0.00498. The smallest absolute Gasteiger partial charge is 0.0644 e. The second-order valence-corrected chi connectivity index (χ2v) is 4.95. The molecule has 0 unspecified atom stereocenters. The molecular formula is C11H24N2O. The summed E-state index contributed by atoms with van der Waals surface area (Å²) in [5.74, 6) is 0. The number of likely N-dealkylation sites (tertiary alicyclic amines) is 1. The van der Waals surface area contributed by atoms with E-state index >= 15 is 0 Å². The van der Waals surface area contributed by atoms with Crippen LogP contribution in [0.3, 0.4) is 0 Å². The van der Waals surface area contributed by atoms with Gasteiger partial charge in [-0.25, -0.2) is 0 Å². The zero-order chi connectivity index (χ0) is 10.6. The Morgan fingerprint density at radius 3 is 2.43 bits per heavy atom. The van der Waals surface area contributed by atoms with Crippen LogP contribution in [0.5, 0.6) is 0 Å². The first-order valence-corrected chi connectivity index (χ1v) is 5.68. The predicted octanol–water partition coefficient (Wildman–Crippen LogP) is 0.831. The summed E-state index contributed by atoms with van der Waals surface area (Å²) in [6.07, 6.45) is 1.82. The van der Waals surface area contributed by atoms with E-state index in [0.717, 1.165) is 39.0 Å². The maximum absolute atomic E-state index is 9.76. The molecule has 1 fully saturated rings. The van der Waals surface area contributed by atoms with Crippen molar-refractivity contribution in [2.45, 2.75) is 45.3 Å². The highest BCUT2D eigenvalue weighted by Gasteiger charge is 2.26. The van der Waals surface area contributed by atoms with E-state index in [-0.39, 0.29) is 0 Å². The van der Waals surface area contributed by atoms with Crippen molar-refractivity contribution in [2.24, 2.45) is 0 Å². The van der Waals surface area contributed by atoms with E-state index in [0.29, 0.717) is 6.04 Å². The zero-order valence-electron chi connectivity index (χ0n) is 9.71. The van der Waals surface area contributed by atoms with Gasteiger partial charge in [0.15, 0.2) is 0 Å². The summed E-state index contributed by atoms with van der Waals surface area (Å²) in [7, 11) is 0. The van der Waals surface area contributed by atoms with Crippen LogP contribution in [-0.4, -0.2) is 47.8 Å². The fraction of sp³-hybridized carbons (Fsp3) is 1.00. The third-order valence-electron chi connectivity index (χ3n) is 2.91. The van der Waals surface area contributed by atoms with Gasteiger partial charge in [0.2, 0.25) is 0 Å². The number of nitrogens with zero attached hydrogens (tertiary/aromatic N) is 1. The fourth-order valence-corrected chi connectivity index (χ4v) is 1.77. The topological polar surface area (TPSA) is 35.5 Å². The van der Waals surface area contributed by atoms with Crippen molar-refractivity contribution in [3.63, 3.8) is 0 Å². The Labute approximate surface area is 87.5 Å². The Balaban J connectivity index is 2.10. The van der Waals surface area contributed by atoms with Crippen molar-refractivity contribution in [3.8, 4) is 0 Å². The number of aliphatic hydroxyl groups is 1. The van der Waals surface area contributed by atoms with E-state index < -0.39 is 5.60 Å². The van der Waals surface area contributed by atoms with Crippen LogP contribution in [0.2, 0.25) is 0 Å². The molecule has 1 rings (SSSR count). The minimum absolute atomic E-state index is 0.415. The van der Waals surface area contributed by atoms with Crippen molar-refractivity contribution in [2.75, 3.05) is 26.2 Å². The molecule has 2 N–H and O–H groups in total. The van der Waals surface area contributed by atoms with E-state index in [1.165, 1.54) is 0 Å². The summed E-state index contributed by atoms with van der Waals surface area (Å²) in [6, 6.07) is 0.572. The van der Waals surface area contributed by atoms with Crippen LogP contribution in [0, 0.1) is 0 Å². The van der Waals surface area contributed by atoms with Crippen molar-refractivity contribution in [1.82, 2.24) is 10.2 Å². The van der Waals surface area contributed by atoms with E-state index in [4.69, 9.17) is 0 Å². The second kappa shape index (κ2) is 5.10. The molecule has 3 nitrogen and oxygen atoms in total. The number of hydrogen-bond acceptors (Lipinski definition) is 3. The lowest BCUT2D eigenvalue weighted by Gasteiger charge is -2.35. The third kappa shape index (κ3) is 4.40. The maximum Gasteiger partial charge on any atom is 0.0644 e. The summed E-state index contributed by atoms with van der Waals surface area (Å²) in [5, 5.41) is 13.2. The number of nitrogens with one attached hydrogen (secondary N) is 1. The number of hydrogen-bond donors (Lipinski definition) is 2. The van der Waals surface area contributed by atoms with Crippen LogP contribution in [-0.2, 0) is 0 Å². The van der Waals surface area contributed by atoms with E-state index in [9.17, 15) is 5.11 Å². The quantitative estimate of drug-likeness (QED) is 0.705. The van der Waals surface area contributed by atoms with Crippen LogP contribution in [0.25, 0.3) is 0 Å². The van der Waals surface area contributed by atoms with Crippen LogP contribution in [0.15, 0.2) is 0 Å². The van der Waals surface area contributed by atoms with Gasteiger partial charge in [-0.2, -0.15) is 0 Å². The average molecular weight is 200 g/mol. The molecule has 1 heterocycles. The highest BCUT2D eigenvalue weighted by atomic mass is 16.3. The fourth-order valence-electron chi connectivity index (χ4n) is 1.77. The minimum Gasteiger partial charge on any atom is -0.390 e. The Morgan fingerprint density at radius 2 is 1.93 bits per heavy atom. The minimum atomic E-state index is -0.415. The molecule has 14 heavy (non-hydrogen) atoms. The summed E-state index contributed by atoms with van der Waals surface area (Å²) in [6.45, 7) is 10.5. The summed E-state index contributed by atoms with van der Waals surface area (Å²) >= 11 is 0. The van der Waals surface area contributed by atoms with Crippen molar-refractivity contribution in [1.29, 1.82) is 0 Å². The summed E-state index contributed by atoms with van der Waals surface area (Å²) < 4.78 is 0. The SMILES string of the molecule is CC(C)NCCN1CCC(C)(O)CC1. The largest absolute Gasteiger partial charge is 0.390 e. The number of rotatable bonds is 4. The van der Waals surface area contributed by atoms with Crippen LogP contribution in [0.1, 0.15) is 33.6 Å². The van der Waals surface area contributed by atoms with E-state index in [1.54, 1.807) is 0 Å². The molecule has 1 saturated heterocycles. The molecule has 0 aromatic carbocycles. The van der Waals surface area contributed by atoms with E-state index in [1.807, 2.05) is 6.92 Å². The standard InChI is InChI=1S/C11H24N2O/c1-10(2)12-6-9-13-7-4-11(3,14)5-8-13/h10,12,14H,4-9H2,1-3H3. The van der Waals surface area contributed by atoms with Gasteiger partial charge in [0.25, 0.3) is 0 Å². The van der Waals surface area contributed by atoms with Gasteiger partial charge in [-0.05, 0) is 19.8 Å². The summed E-state index contributed by atoms with van der Waals surface area (Å²) in [5.41, 5.74) is -0.415. The van der Waals surface area contributed by atoms with Gasteiger partial charge in [-0.3, -0.25) is 0 Å². The van der Waals surface area contributed by atoms with Crippen molar-refractivity contribution < 1.29 is 5.11 Å². The van der Waals surface area contributed by atoms with Crippen LogP contribution >= 0.6 is 0 Å². The highest BCUT2D eigenvalue weighted by molar-refractivity contribution is 4.81. The predicted molar refractivity (Wildman–Crippen MR) is 59.4 cm³/mol. The second-order valence-electron chi connectivity index (χ2n) is 4.95. The van der Waals surface area contributed by atoms with Gasteiger partial charge in [0.1, 0.15) is 0 Å². The van der Waals surface area contributed by atoms with Crippen LogP contribution < -0.4 is 5.32 Å². The van der Waals surface area contributed by atoms with E-state index in [2.05, 4.69) is 24.1 Å². The molecule has 84 valence electrons. The molecule has 0 bridgehead atoms. The van der Waals surface area contributed by atoms with Crippen molar-refractivity contribution in [3.05, 3.63) is 0 Å². The molecule has 0 atom stereocenters. The average Bonchev–Trinajstić information content (AvgIpc) is 2.07. The monoisotopic (exact) mass is 200 g/mol. The molecular weight excluding hydrogens is 176 g/mol. The Bertz CT molecular complexity index is 159. The van der Waals surface area contributed by atoms with Gasteiger partial charge in [-0.1, -0.05) is 13.8 Å². The maximum atomic E-state index is 9.76. The molecule has 3 heteroatoms. The lowest BCUT2D eigenvalue weighted by Crippen LogP contribution is -2.45. The first-order chi connectivity index (χ1) is 6.49. The molecule has 0 saturated carbocycles. The Morgan fingerprint density at radius 1 is 1.36 bits per heavy atom. The van der Waals surface area contributed by atoms with Crippen LogP contribution in [0.4, 0.5) is 0 Å². The molecule has 0 aromatic rings. The third-order valence-corrected chi connectivity index (χ3v) is 2.91. The molecule has 1 aliphatic rings. The van der Waals surface area contributed by atoms with Gasteiger partial charge in [-0.15, -0.1) is 0 Å². The normalized spacial score (nSPS) is 22.9. The highest BCUT2D eigenvalue weighted by Crippen LogP contribution is 2.20. The molecule has 1 aliphatic heterocycles. The number of piperidine rings is 1. The molecule has 0 spiro atoms. The lowest BCUT2D eigenvalue weighted by atomic mass is 9.94. The first kappa shape index (κ1) is 12.0. The summed E-state index contributed by atoms with van der Waals surface area (Å²) in [4.78, 5) is 2.42. The molecule has 0 aromatic heterocycles. The van der Waals surface area contributed by atoms with Gasteiger partial charge < -0.3 is 15.3 Å². The molecule has 0 radical (unpaired) electrons. The first-order valence-electron chi connectivity index (χ1n) is 5.68. The zero-order valence-corrected chi connectivity index (χ0v) is 9.71. The van der Waals surface area contributed by atoms with Gasteiger partial charge >= 0.3 is 0 Å². The Kier molecular flexibility index (Phi) is 4.35. The Hall–Kier alpha value is -0.120. The molecule has 0 amide bonds.